The fraction of sp³-hybridized carbons (Fsp3) is 0.333. The Morgan fingerprint density at radius 1 is 1.36 bits per heavy atom. The van der Waals surface area contributed by atoms with Crippen molar-refractivity contribution in [1.82, 2.24) is 4.90 Å². The summed E-state index contributed by atoms with van der Waals surface area (Å²) < 4.78 is 12.6. The fourth-order valence-electron chi connectivity index (χ4n) is 1.12. The predicted molar refractivity (Wildman–Crippen MR) is 41.7 cm³/mol. The van der Waals surface area contributed by atoms with Crippen LogP contribution in [-0.4, -0.2) is 18.0 Å². The Bertz CT molecular complexity index is 255. The number of benzene rings is 1. The lowest BCUT2D eigenvalue weighted by Crippen LogP contribution is -1.96. The summed E-state index contributed by atoms with van der Waals surface area (Å²) in [5.41, 5.74) is 1.07. The normalized spacial score (nSPS) is 16.8. The summed E-state index contributed by atoms with van der Waals surface area (Å²) in [6.07, 6.45) is 0. The minimum Gasteiger partial charge on any atom is -0.297 e. The van der Waals surface area contributed by atoms with E-state index in [2.05, 4.69) is 4.90 Å². The Labute approximate surface area is 65.4 Å². The Morgan fingerprint density at radius 2 is 2.18 bits per heavy atom. The van der Waals surface area contributed by atoms with E-state index >= 15 is 0 Å². The van der Waals surface area contributed by atoms with Gasteiger partial charge in [-0.05, 0) is 17.7 Å². The first-order chi connectivity index (χ1) is 5.34. The number of hydrogen-bond acceptors (Lipinski definition) is 1. The first-order valence-electron chi connectivity index (χ1n) is 3.81. The van der Waals surface area contributed by atoms with Crippen molar-refractivity contribution >= 4 is 0 Å². The third kappa shape index (κ3) is 1.77. The second-order valence-electron chi connectivity index (χ2n) is 2.91. The van der Waals surface area contributed by atoms with Gasteiger partial charge in [-0.25, -0.2) is 4.39 Å². The van der Waals surface area contributed by atoms with E-state index in [4.69, 9.17) is 0 Å². The summed E-state index contributed by atoms with van der Waals surface area (Å²) in [5.74, 6) is -0.135. The van der Waals surface area contributed by atoms with Crippen LogP contribution in [0.25, 0.3) is 0 Å². The average molecular weight is 151 g/mol. The van der Waals surface area contributed by atoms with E-state index in [1.165, 1.54) is 6.07 Å². The van der Waals surface area contributed by atoms with Gasteiger partial charge in [0.1, 0.15) is 5.82 Å². The van der Waals surface area contributed by atoms with Crippen LogP contribution in [-0.2, 0) is 6.54 Å². The Kier molecular flexibility index (Phi) is 1.62. The molecule has 58 valence electrons. The standard InChI is InChI=1S/C9H10FN/c10-9-3-1-2-8(6-9)7-11-4-5-11/h1-3,6H,4-5,7H2. The molecule has 1 nitrogen and oxygen atoms in total. The van der Waals surface area contributed by atoms with E-state index in [0.29, 0.717) is 0 Å². The largest absolute Gasteiger partial charge is 0.297 e. The van der Waals surface area contributed by atoms with Crippen LogP contribution in [0.4, 0.5) is 4.39 Å². The van der Waals surface area contributed by atoms with Gasteiger partial charge in [-0.3, -0.25) is 4.90 Å². The fourth-order valence-corrected chi connectivity index (χ4v) is 1.12. The molecule has 1 saturated heterocycles. The summed E-state index contributed by atoms with van der Waals surface area (Å²) in [5, 5.41) is 0. The maximum atomic E-state index is 12.6. The first kappa shape index (κ1) is 6.80. The zero-order chi connectivity index (χ0) is 7.68. The smallest absolute Gasteiger partial charge is 0.123 e. The van der Waals surface area contributed by atoms with Crippen LogP contribution in [0.5, 0.6) is 0 Å². The van der Waals surface area contributed by atoms with E-state index < -0.39 is 0 Å². The van der Waals surface area contributed by atoms with Crippen molar-refractivity contribution in [2.75, 3.05) is 13.1 Å². The minimum absolute atomic E-state index is 0.135. The molecular weight excluding hydrogens is 141 g/mol. The molecule has 1 aromatic rings. The van der Waals surface area contributed by atoms with Gasteiger partial charge in [0.15, 0.2) is 0 Å². The molecule has 0 spiro atoms. The molecule has 0 unspecified atom stereocenters. The first-order valence-corrected chi connectivity index (χ1v) is 3.81. The predicted octanol–water partition coefficient (Wildman–Crippen LogP) is 1.64. The lowest BCUT2D eigenvalue weighted by Gasteiger charge is -1.99. The summed E-state index contributed by atoms with van der Waals surface area (Å²) in [4.78, 5) is 2.26. The van der Waals surface area contributed by atoms with Gasteiger partial charge in [-0.15, -0.1) is 0 Å². The molecule has 1 aromatic carbocycles. The third-order valence-electron chi connectivity index (χ3n) is 1.84. The van der Waals surface area contributed by atoms with Gasteiger partial charge >= 0.3 is 0 Å². The van der Waals surface area contributed by atoms with Crippen LogP contribution in [0.1, 0.15) is 5.56 Å². The van der Waals surface area contributed by atoms with E-state index in [0.717, 1.165) is 25.2 Å². The maximum absolute atomic E-state index is 12.6. The van der Waals surface area contributed by atoms with E-state index in [9.17, 15) is 4.39 Å². The third-order valence-corrected chi connectivity index (χ3v) is 1.84. The van der Waals surface area contributed by atoms with Crippen molar-refractivity contribution < 1.29 is 4.39 Å². The lowest BCUT2D eigenvalue weighted by atomic mass is 10.2. The van der Waals surface area contributed by atoms with E-state index in [1.54, 1.807) is 12.1 Å². The van der Waals surface area contributed by atoms with E-state index in [1.807, 2.05) is 6.07 Å². The molecule has 1 aliphatic rings. The van der Waals surface area contributed by atoms with E-state index in [-0.39, 0.29) is 5.82 Å². The van der Waals surface area contributed by atoms with Gasteiger partial charge in [0.05, 0.1) is 0 Å². The highest BCUT2D eigenvalue weighted by molar-refractivity contribution is 5.16. The van der Waals surface area contributed by atoms with Gasteiger partial charge in [-0.2, -0.15) is 0 Å². The summed E-state index contributed by atoms with van der Waals surface area (Å²) >= 11 is 0. The van der Waals surface area contributed by atoms with Crippen LogP contribution in [0.3, 0.4) is 0 Å². The molecule has 0 bridgehead atoms. The molecule has 0 aromatic heterocycles. The SMILES string of the molecule is Fc1cccc(CN2CC2)c1. The molecule has 2 rings (SSSR count). The molecule has 1 aliphatic heterocycles. The lowest BCUT2D eigenvalue weighted by molar-refractivity contribution is 0.550. The van der Waals surface area contributed by atoms with Crippen molar-refractivity contribution in [2.24, 2.45) is 0 Å². The Balaban J connectivity index is 2.10. The highest BCUT2D eigenvalue weighted by atomic mass is 19.1. The van der Waals surface area contributed by atoms with Gasteiger partial charge in [0.2, 0.25) is 0 Å². The number of nitrogens with zero attached hydrogens (tertiary/aromatic N) is 1. The molecule has 0 amide bonds. The molecule has 0 atom stereocenters. The zero-order valence-electron chi connectivity index (χ0n) is 6.26. The molecule has 2 heteroatoms. The second-order valence-corrected chi connectivity index (χ2v) is 2.91. The molecule has 0 saturated carbocycles. The monoisotopic (exact) mass is 151 g/mol. The molecule has 1 fully saturated rings. The van der Waals surface area contributed by atoms with Crippen molar-refractivity contribution in [3.8, 4) is 0 Å². The maximum Gasteiger partial charge on any atom is 0.123 e. The Hall–Kier alpha value is -0.890. The molecule has 0 N–H and O–H groups in total. The van der Waals surface area contributed by atoms with Crippen molar-refractivity contribution in [3.05, 3.63) is 35.6 Å². The highest BCUT2D eigenvalue weighted by Gasteiger charge is 2.16. The topological polar surface area (TPSA) is 3.01 Å². The number of hydrogen-bond donors (Lipinski definition) is 0. The summed E-state index contributed by atoms with van der Waals surface area (Å²) in [7, 11) is 0. The quantitative estimate of drug-likeness (QED) is 0.581. The van der Waals surface area contributed by atoms with Crippen LogP contribution in [0.2, 0.25) is 0 Å². The van der Waals surface area contributed by atoms with Gasteiger partial charge in [0, 0.05) is 19.6 Å². The van der Waals surface area contributed by atoms with Gasteiger partial charge in [0.25, 0.3) is 0 Å². The summed E-state index contributed by atoms with van der Waals surface area (Å²) in [6, 6.07) is 6.79. The van der Waals surface area contributed by atoms with Crippen LogP contribution >= 0.6 is 0 Å². The van der Waals surface area contributed by atoms with Crippen molar-refractivity contribution in [3.63, 3.8) is 0 Å². The molecule has 0 radical (unpaired) electrons. The Morgan fingerprint density at radius 3 is 2.82 bits per heavy atom. The zero-order valence-corrected chi connectivity index (χ0v) is 6.26. The van der Waals surface area contributed by atoms with Gasteiger partial charge in [-0.1, -0.05) is 12.1 Å². The van der Waals surface area contributed by atoms with Crippen molar-refractivity contribution in [2.45, 2.75) is 6.54 Å². The van der Waals surface area contributed by atoms with Crippen LogP contribution < -0.4 is 0 Å². The van der Waals surface area contributed by atoms with Gasteiger partial charge < -0.3 is 0 Å². The molecule has 11 heavy (non-hydrogen) atoms. The second kappa shape index (κ2) is 2.62. The molecular formula is C9H10FN. The molecule has 1 heterocycles. The highest BCUT2D eigenvalue weighted by Crippen LogP contribution is 2.12. The molecule has 0 aliphatic carbocycles. The number of rotatable bonds is 2. The van der Waals surface area contributed by atoms with Crippen molar-refractivity contribution in [1.29, 1.82) is 0 Å². The van der Waals surface area contributed by atoms with Crippen LogP contribution in [0.15, 0.2) is 24.3 Å². The summed E-state index contributed by atoms with van der Waals surface area (Å²) in [6.45, 7) is 3.23. The van der Waals surface area contributed by atoms with Crippen LogP contribution in [0, 0.1) is 5.82 Å². The number of halogens is 1. The minimum atomic E-state index is -0.135. The average Bonchev–Trinajstić information content (AvgIpc) is 2.71.